The van der Waals surface area contributed by atoms with E-state index in [4.69, 9.17) is 19.0 Å². The molecule has 1 amide bonds. The topological polar surface area (TPSA) is 78.4 Å². The molecule has 0 heterocycles. The van der Waals surface area contributed by atoms with Gasteiger partial charge >= 0.3 is 0 Å². The normalized spacial score (nSPS) is 10.5. The number of oxime groups is 1. The number of halogens is 1. The first-order chi connectivity index (χ1) is 12.6. The summed E-state index contributed by atoms with van der Waals surface area (Å²) in [5, 5.41) is 6.30. The second-order valence-electron chi connectivity index (χ2n) is 5.02. The fourth-order valence-corrected chi connectivity index (χ4v) is 2.10. The molecule has 0 radical (unpaired) electrons. The van der Waals surface area contributed by atoms with Crippen molar-refractivity contribution in [2.75, 3.05) is 33.3 Å². The van der Waals surface area contributed by atoms with E-state index in [1.807, 2.05) is 0 Å². The molecular formula is C18H19FN2O5. The number of carbonyl (C=O) groups is 1. The molecule has 0 unspecified atom stereocenters. The molecule has 0 fully saturated rings. The Kier molecular flexibility index (Phi) is 6.78. The van der Waals surface area contributed by atoms with Crippen molar-refractivity contribution in [3.05, 3.63) is 47.8 Å². The van der Waals surface area contributed by atoms with Crippen molar-refractivity contribution < 1.29 is 28.2 Å². The molecule has 2 aromatic carbocycles. The lowest BCUT2D eigenvalue weighted by Crippen LogP contribution is -2.16. The number of anilines is 1. The standard InChI is InChI=1S/C18H19FN2O5/c1-23-15-8-12(9-16(24-2)18(15)25-3)10-20-26-11-17(22)21-14-6-4-13(19)5-7-14/h4-10H,11H2,1-3H3,(H,21,22)/b20-10-. The van der Waals surface area contributed by atoms with Crippen LogP contribution in [-0.4, -0.2) is 40.1 Å². The Hall–Kier alpha value is -3.29. The molecule has 0 atom stereocenters. The number of amides is 1. The molecule has 26 heavy (non-hydrogen) atoms. The molecule has 0 spiro atoms. The van der Waals surface area contributed by atoms with Crippen molar-refractivity contribution in [1.29, 1.82) is 0 Å². The van der Waals surface area contributed by atoms with Gasteiger partial charge < -0.3 is 24.4 Å². The Morgan fingerprint density at radius 1 is 1.08 bits per heavy atom. The number of rotatable bonds is 8. The van der Waals surface area contributed by atoms with Gasteiger partial charge in [-0.3, -0.25) is 4.79 Å². The van der Waals surface area contributed by atoms with Crippen molar-refractivity contribution in [1.82, 2.24) is 0 Å². The monoisotopic (exact) mass is 362 g/mol. The highest BCUT2D eigenvalue weighted by Gasteiger charge is 2.12. The van der Waals surface area contributed by atoms with Crippen LogP contribution in [0, 0.1) is 5.82 Å². The van der Waals surface area contributed by atoms with Crippen molar-refractivity contribution in [2.45, 2.75) is 0 Å². The van der Waals surface area contributed by atoms with E-state index in [2.05, 4.69) is 10.5 Å². The van der Waals surface area contributed by atoms with E-state index in [0.29, 0.717) is 28.5 Å². The first-order valence-corrected chi connectivity index (χ1v) is 7.58. The van der Waals surface area contributed by atoms with E-state index in [1.54, 1.807) is 12.1 Å². The third-order valence-electron chi connectivity index (χ3n) is 3.29. The number of methoxy groups -OCH3 is 3. The van der Waals surface area contributed by atoms with Gasteiger partial charge in [0, 0.05) is 11.3 Å². The number of nitrogens with one attached hydrogen (secondary N) is 1. The van der Waals surface area contributed by atoms with Gasteiger partial charge in [0.15, 0.2) is 18.1 Å². The van der Waals surface area contributed by atoms with Crippen LogP contribution in [0.1, 0.15) is 5.56 Å². The second kappa shape index (κ2) is 9.26. The summed E-state index contributed by atoms with van der Waals surface area (Å²) in [4.78, 5) is 16.7. The SMILES string of the molecule is COc1cc(/C=N\OCC(=O)Nc2ccc(F)cc2)cc(OC)c1OC. The van der Waals surface area contributed by atoms with Crippen molar-refractivity contribution in [2.24, 2.45) is 5.16 Å². The first-order valence-electron chi connectivity index (χ1n) is 7.58. The van der Waals surface area contributed by atoms with Gasteiger partial charge in [0.2, 0.25) is 5.75 Å². The first kappa shape index (κ1) is 19.0. The van der Waals surface area contributed by atoms with Gasteiger partial charge in [-0.25, -0.2) is 4.39 Å². The fourth-order valence-electron chi connectivity index (χ4n) is 2.10. The van der Waals surface area contributed by atoms with Gasteiger partial charge in [-0.2, -0.15) is 0 Å². The maximum Gasteiger partial charge on any atom is 0.265 e. The summed E-state index contributed by atoms with van der Waals surface area (Å²) < 4.78 is 28.5. The summed E-state index contributed by atoms with van der Waals surface area (Å²) in [5.74, 6) is 0.615. The number of hydrogen-bond donors (Lipinski definition) is 1. The van der Waals surface area contributed by atoms with E-state index < -0.39 is 5.91 Å². The minimum Gasteiger partial charge on any atom is -0.493 e. The Labute approximate surface area is 150 Å². The van der Waals surface area contributed by atoms with E-state index in [9.17, 15) is 9.18 Å². The zero-order valence-corrected chi connectivity index (χ0v) is 14.6. The molecule has 1 N–H and O–H groups in total. The summed E-state index contributed by atoms with van der Waals surface area (Å²) in [5.41, 5.74) is 1.10. The number of benzene rings is 2. The minimum atomic E-state index is -0.418. The van der Waals surface area contributed by atoms with E-state index in [-0.39, 0.29) is 12.4 Å². The lowest BCUT2D eigenvalue weighted by molar-refractivity contribution is -0.120. The van der Waals surface area contributed by atoms with Gasteiger partial charge in [-0.1, -0.05) is 5.16 Å². The summed E-state index contributed by atoms with van der Waals surface area (Å²) in [6.07, 6.45) is 1.41. The van der Waals surface area contributed by atoms with Crippen LogP contribution in [-0.2, 0) is 9.63 Å². The maximum atomic E-state index is 12.8. The van der Waals surface area contributed by atoms with Crippen molar-refractivity contribution >= 4 is 17.8 Å². The van der Waals surface area contributed by atoms with Crippen LogP contribution < -0.4 is 19.5 Å². The summed E-state index contributed by atoms with van der Waals surface area (Å²) in [7, 11) is 4.53. The van der Waals surface area contributed by atoms with E-state index in [1.165, 1.54) is 51.8 Å². The molecule has 138 valence electrons. The van der Waals surface area contributed by atoms with Gasteiger partial charge in [0.1, 0.15) is 5.82 Å². The third-order valence-corrected chi connectivity index (χ3v) is 3.29. The van der Waals surface area contributed by atoms with Crippen LogP contribution >= 0.6 is 0 Å². The lowest BCUT2D eigenvalue weighted by atomic mass is 10.2. The van der Waals surface area contributed by atoms with Crippen molar-refractivity contribution in [3.63, 3.8) is 0 Å². The van der Waals surface area contributed by atoms with E-state index >= 15 is 0 Å². The van der Waals surface area contributed by atoms with Crippen LogP contribution in [0.2, 0.25) is 0 Å². The Morgan fingerprint density at radius 3 is 2.23 bits per heavy atom. The summed E-state index contributed by atoms with van der Waals surface area (Å²) in [6.45, 7) is -0.293. The summed E-state index contributed by atoms with van der Waals surface area (Å²) >= 11 is 0. The molecule has 7 nitrogen and oxygen atoms in total. The number of carbonyl (C=O) groups excluding carboxylic acids is 1. The minimum absolute atomic E-state index is 0.293. The second-order valence-corrected chi connectivity index (χ2v) is 5.02. The molecule has 0 aliphatic rings. The van der Waals surface area contributed by atoms with Gasteiger partial charge in [0.05, 0.1) is 27.5 Å². The average molecular weight is 362 g/mol. The zero-order valence-electron chi connectivity index (χ0n) is 14.6. The van der Waals surface area contributed by atoms with Crippen LogP contribution in [0.3, 0.4) is 0 Å². The van der Waals surface area contributed by atoms with Gasteiger partial charge in [-0.05, 0) is 36.4 Å². The highest BCUT2D eigenvalue weighted by molar-refractivity contribution is 5.91. The molecule has 8 heteroatoms. The van der Waals surface area contributed by atoms with Gasteiger partial charge in [0.25, 0.3) is 5.91 Å². The largest absolute Gasteiger partial charge is 0.493 e. The number of ether oxygens (including phenoxy) is 3. The molecule has 0 bridgehead atoms. The molecule has 0 aliphatic carbocycles. The summed E-state index contributed by atoms with van der Waals surface area (Å²) in [6, 6.07) is 8.77. The maximum absolute atomic E-state index is 12.8. The smallest absolute Gasteiger partial charge is 0.265 e. The highest BCUT2D eigenvalue weighted by atomic mass is 19.1. The van der Waals surface area contributed by atoms with Crippen LogP contribution in [0.25, 0.3) is 0 Å². The number of nitrogens with zero attached hydrogens (tertiary/aromatic N) is 1. The quantitative estimate of drug-likeness (QED) is 0.577. The predicted molar refractivity (Wildman–Crippen MR) is 94.7 cm³/mol. The highest BCUT2D eigenvalue weighted by Crippen LogP contribution is 2.37. The zero-order chi connectivity index (χ0) is 18.9. The predicted octanol–water partition coefficient (Wildman–Crippen LogP) is 2.84. The third kappa shape index (κ3) is 5.10. The molecule has 0 saturated carbocycles. The van der Waals surface area contributed by atoms with Crippen molar-refractivity contribution in [3.8, 4) is 17.2 Å². The molecular weight excluding hydrogens is 343 g/mol. The lowest BCUT2D eigenvalue weighted by Gasteiger charge is -2.12. The molecule has 0 aromatic heterocycles. The number of hydrogen-bond acceptors (Lipinski definition) is 6. The molecule has 0 saturated heterocycles. The molecule has 2 rings (SSSR count). The Morgan fingerprint density at radius 2 is 1.69 bits per heavy atom. The molecule has 2 aromatic rings. The van der Waals surface area contributed by atoms with Gasteiger partial charge in [-0.15, -0.1) is 0 Å². The van der Waals surface area contributed by atoms with E-state index in [0.717, 1.165) is 0 Å². The average Bonchev–Trinajstić information content (AvgIpc) is 2.66. The van der Waals surface area contributed by atoms with Crippen LogP contribution in [0.5, 0.6) is 17.2 Å². The molecule has 0 aliphatic heterocycles. The Bertz CT molecular complexity index is 753. The van der Waals surface area contributed by atoms with Crippen LogP contribution in [0.15, 0.2) is 41.6 Å². The van der Waals surface area contributed by atoms with Crippen LogP contribution in [0.4, 0.5) is 10.1 Å². The Balaban J connectivity index is 1.93. The fraction of sp³-hybridized carbons (Fsp3) is 0.222.